The molecule has 7 nitrogen and oxygen atoms in total. The molecule has 1 aliphatic rings. The molecule has 0 radical (unpaired) electrons. The van der Waals surface area contributed by atoms with Crippen molar-refractivity contribution in [3.8, 4) is 11.5 Å². The Bertz CT molecular complexity index is 640. The molecule has 1 fully saturated rings. The SMILES string of the molecule is CCNC(=NCC(O)c1ccc(OC)c(OC)c1)N1CCC(N(CC)CC)C1.I. The largest absolute Gasteiger partial charge is 0.493 e. The van der Waals surface area contributed by atoms with E-state index in [0.717, 1.165) is 50.7 Å². The zero-order valence-electron chi connectivity index (χ0n) is 18.4. The van der Waals surface area contributed by atoms with Gasteiger partial charge in [0.25, 0.3) is 0 Å². The van der Waals surface area contributed by atoms with Crippen LogP contribution in [0.5, 0.6) is 11.5 Å². The van der Waals surface area contributed by atoms with Crippen molar-refractivity contribution < 1.29 is 14.6 Å². The van der Waals surface area contributed by atoms with Crippen molar-refractivity contribution in [2.75, 3.05) is 53.5 Å². The van der Waals surface area contributed by atoms with E-state index in [1.54, 1.807) is 26.4 Å². The Morgan fingerprint density at radius 3 is 2.52 bits per heavy atom. The molecule has 0 saturated carbocycles. The lowest BCUT2D eigenvalue weighted by Crippen LogP contribution is -2.43. The molecule has 0 bridgehead atoms. The fourth-order valence-electron chi connectivity index (χ4n) is 3.74. The summed E-state index contributed by atoms with van der Waals surface area (Å²) in [5.74, 6) is 2.13. The Kier molecular flexibility index (Phi) is 11.7. The number of likely N-dealkylation sites (tertiary alicyclic amines) is 1. The van der Waals surface area contributed by atoms with E-state index in [4.69, 9.17) is 14.5 Å². The van der Waals surface area contributed by atoms with Crippen LogP contribution in [0.3, 0.4) is 0 Å². The molecule has 0 aromatic heterocycles. The maximum Gasteiger partial charge on any atom is 0.194 e. The lowest BCUT2D eigenvalue weighted by molar-refractivity contribution is 0.186. The van der Waals surface area contributed by atoms with E-state index in [9.17, 15) is 5.11 Å². The predicted octanol–water partition coefficient (Wildman–Crippen LogP) is 2.74. The summed E-state index contributed by atoms with van der Waals surface area (Å²) in [5, 5.41) is 14.0. The molecule has 1 heterocycles. The first kappa shape index (κ1) is 25.8. The number of nitrogens with zero attached hydrogens (tertiary/aromatic N) is 3. The van der Waals surface area contributed by atoms with Crippen molar-refractivity contribution in [1.82, 2.24) is 15.1 Å². The fraction of sp³-hybridized carbons (Fsp3) is 0.667. The number of aliphatic hydroxyl groups excluding tert-OH is 1. The lowest BCUT2D eigenvalue weighted by atomic mass is 10.1. The van der Waals surface area contributed by atoms with E-state index in [1.807, 2.05) is 6.07 Å². The number of aliphatic hydroxyl groups is 1. The van der Waals surface area contributed by atoms with E-state index >= 15 is 0 Å². The van der Waals surface area contributed by atoms with Gasteiger partial charge in [0.15, 0.2) is 17.5 Å². The van der Waals surface area contributed by atoms with E-state index in [0.29, 0.717) is 24.1 Å². The highest BCUT2D eigenvalue weighted by Gasteiger charge is 2.28. The smallest absolute Gasteiger partial charge is 0.194 e. The Morgan fingerprint density at radius 2 is 1.93 bits per heavy atom. The molecule has 2 N–H and O–H groups in total. The average Bonchev–Trinajstić information content (AvgIpc) is 3.21. The molecule has 8 heteroatoms. The Labute approximate surface area is 192 Å². The van der Waals surface area contributed by atoms with Crippen molar-refractivity contribution in [3.63, 3.8) is 0 Å². The van der Waals surface area contributed by atoms with E-state index in [1.165, 1.54) is 0 Å². The van der Waals surface area contributed by atoms with Gasteiger partial charge in [0.2, 0.25) is 0 Å². The monoisotopic (exact) mass is 520 g/mol. The molecule has 0 amide bonds. The normalized spacial score (nSPS) is 17.8. The third-order valence-electron chi connectivity index (χ3n) is 5.33. The molecular formula is C21H37IN4O3. The zero-order chi connectivity index (χ0) is 20.5. The Hall–Kier alpha value is -1.26. The van der Waals surface area contributed by atoms with Crippen LogP contribution in [0.2, 0.25) is 0 Å². The third-order valence-corrected chi connectivity index (χ3v) is 5.33. The number of rotatable bonds is 9. The van der Waals surface area contributed by atoms with Crippen molar-refractivity contribution >= 4 is 29.9 Å². The molecule has 0 spiro atoms. The van der Waals surface area contributed by atoms with Gasteiger partial charge in [0, 0.05) is 25.7 Å². The highest BCUT2D eigenvalue weighted by Crippen LogP contribution is 2.30. The number of hydrogen-bond donors (Lipinski definition) is 2. The number of guanidine groups is 1. The predicted molar refractivity (Wildman–Crippen MR) is 129 cm³/mol. The van der Waals surface area contributed by atoms with Crippen molar-refractivity contribution in [1.29, 1.82) is 0 Å². The van der Waals surface area contributed by atoms with Gasteiger partial charge in [-0.1, -0.05) is 19.9 Å². The van der Waals surface area contributed by atoms with Gasteiger partial charge in [0.05, 0.1) is 26.9 Å². The molecule has 1 aromatic carbocycles. The van der Waals surface area contributed by atoms with Gasteiger partial charge < -0.3 is 24.8 Å². The molecule has 1 aliphatic heterocycles. The maximum atomic E-state index is 10.6. The van der Waals surface area contributed by atoms with Crippen LogP contribution < -0.4 is 14.8 Å². The first-order chi connectivity index (χ1) is 13.6. The van der Waals surface area contributed by atoms with Crippen LogP contribution in [0.25, 0.3) is 0 Å². The van der Waals surface area contributed by atoms with Gasteiger partial charge in [-0.05, 0) is 44.1 Å². The lowest BCUT2D eigenvalue weighted by Gasteiger charge is -2.27. The number of likely N-dealkylation sites (N-methyl/N-ethyl adjacent to an activating group) is 1. The summed E-state index contributed by atoms with van der Waals surface area (Å²) < 4.78 is 10.6. The molecule has 2 rings (SSSR count). The minimum atomic E-state index is -0.699. The molecule has 29 heavy (non-hydrogen) atoms. The summed E-state index contributed by atoms with van der Waals surface area (Å²) in [6, 6.07) is 6.02. The molecule has 1 aromatic rings. The first-order valence-electron chi connectivity index (χ1n) is 10.2. The number of ether oxygens (including phenoxy) is 2. The van der Waals surface area contributed by atoms with Gasteiger partial charge in [-0.15, -0.1) is 24.0 Å². The third kappa shape index (κ3) is 6.89. The highest BCUT2D eigenvalue weighted by molar-refractivity contribution is 14.0. The van der Waals surface area contributed by atoms with Crippen molar-refractivity contribution in [2.45, 2.75) is 39.3 Å². The average molecular weight is 520 g/mol. The van der Waals surface area contributed by atoms with Crippen LogP contribution in [-0.4, -0.2) is 80.4 Å². The summed E-state index contributed by atoms with van der Waals surface area (Å²) in [5.41, 5.74) is 0.764. The van der Waals surface area contributed by atoms with Crippen molar-refractivity contribution in [2.24, 2.45) is 4.99 Å². The Morgan fingerprint density at radius 1 is 1.24 bits per heavy atom. The fourth-order valence-corrected chi connectivity index (χ4v) is 3.74. The summed E-state index contributed by atoms with van der Waals surface area (Å²) in [4.78, 5) is 9.51. The van der Waals surface area contributed by atoms with Crippen LogP contribution >= 0.6 is 24.0 Å². The van der Waals surface area contributed by atoms with Gasteiger partial charge in [-0.2, -0.15) is 0 Å². The summed E-state index contributed by atoms with van der Waals surface area (Å²) in [6.07, 6.45) is 0.444. The molecule has 0 aliphatic carbocycles. The number of halogens is 1. The van der Waals surface area contributed by atoms with Crippen LogP contribution in [0.15, 0.2) is 23.2 Å². The minimum absolute atomic E-state index is 0. The van der Waals surface area contributed by atoms with Crippen LogP contribution in [0.4, 0.5) is 0 Å². The van der Waals surface area contributed by atoms with Gasteiger partial charge in [0.1, 0.15) is 0 Å². The second-order valence-corrected chi connectivity index (χ2v) is 6.93. The number of benzene rings is 1. The standard InChI is InChI=1S/C21H36N4O3.HI/c1-6-22-21(25-12-11-17(15-25)24(7-2)8-3)23-14-18(26)16-9-10-19(27-4)20(13-16)28-5;/h9-10,13,17-18,26H,6-8,11-12,14-15H2,1-5H3,(H,22,23);1H. The highest BCUT2D eigenvalue weighted by atomic mass is 127. The Balaban J connectivity index is 0.00000420. The summed E-state index contributed by atoms with van der Waals surface area (Å²) >= 11 is 0. The minimum Gasteiger partial charge on any atom is -0.493 e. The van der Waals surface area contributed by atoms with E-state index < -0.39 is 6.10 Å². The molecule has 1 saturated heterocycles. The molecule has 2 unspecified atom stereocenters. The molecular weight excluding hydrogens is 483 g/mol. The van der Waals surface area contributed by atoms with Gasteiger partial charge in [-0.3, -0.25) is 9.89 Å². The summed E-state index contributed by atoms with van der Waals surface area (Å²) in [6.45, 7) is 11.7. The molecule has 166 valence electrons. The first-order valence-corrected chi connectivity index (χ1v) is 10.2. The number of methoxy groups -OCH3 is 2. The molecule has 2 atom stereocenters. The van der Waals surface area contributed by atoms with Gasteiger partial charge >= 0.3 is 0 Å². The zero-order valence-corrected chi connectivity index (χ0v) is 20.7. The summed E-state index contributed by atoms with van der Waals surface area (Å²) in [7, 11) is 3.19. The number of hydrogen-bond acceptors (Lipinski definition) is 5. The second-order valence-electron chi connectivity index (χ2n) is 6.93. The van der Waals surface area contributed by atoms with E-state index in [-0.39, 0.29) is 24.0 Å². The van der Waals surface area contributed by atoms with Crippen molar-refractivity contribution in [3.05, 3.63) is 23.8 Å². The maximum absolute atomic E-state index is 10.6. The number of aliphatic imine (C=N–C) groups is 1. The quantitative estimate of drug-likeness (QED) is 0.297. The van der Waals surface area contributed by atoms with Crippen LogP contribution in [0.1, 0.15) is 38.9 Å². The van der Waals surface area contributed by atoms with Crippen LogP contribution in [-0.2, 0) is 0 Å². The van der Waals surface area contributed by atoms with E-state index in [2.05, 4.69) is 35.9 Å². The second kappa shape index (κ2) is 13.1. The van der Waals surface area contributed by atoms with Crippen LogP contribution in [0, 0.1) is 0 Å². The number of nitrogens with one attached hydrogen (secondary N) is 1. The van der Waals surface area contributed by atoms with Gasteiger partial charge in [-0.25, -0.2) is 0 Å². The topological polar surface area (TPSA) is 69.6 Å².